The number of sulfonamides is 1. The van der Waals surface area contributed by atoms with Gasteiger partial charge in [-0.1, -0.05) is 45.0 Å². The van der Waals surface area contributed by atoms with Crippen LogP contribution in [0.5, 0.6) is 0 Å². The van der Waals surface area contributed by atoms with E-state index in [9.17, 15) is 18.0 Å². The number of aryl methyl sites for hydroxylation is 1. The lowest BCUT2D eigenvalue weighted by Crippen LogP contribution is -2.50. The molecule has 3 aromatic carbocycles. The quantitative estimate of drug-likeness (QED) is 0.265. The molecule has 10 nitrogen and oxygen atoms in total. The molecule has 2 amide bonds. The highest BCUT2D eigenvalue weighted by Crippen LogP contribution is 2.24. The third kappa shape index (κ3) is 7.99. The van der Waals surface area contributed by atoms with E-state index in [0.29, 0.717) is 49.1 Å². The second kappa shape index (κ2) is 14.6. The molecule has 2 heterocycles. The molecule has 4 aromatic rings. The highest BCUT2D eigenvalue weighted by atomic mass is 32.2. The van der Waals surface area contributed by atoms with Gasteiger partial charge in [0.05, 0.1) is 10.6 Å². The van der Waals surface area contributed by atoms with Crippen molar-refractivity contribution in [3.63, 3.8) is 0 Å². The van der Waals surface area contributed by atoms with Crippen molar-refractivity contribution >= 4 is 39.2 Å². The van der Waals surface area contributed by atoms with Gasteiger partial charge in [-0.05, 0) is 66.6 Å². The Hall–Kier alpha value is -4.77. The van der Waals surface area contributed by atoms with Crippen molar-refractivity contribution < 1.29 is 18.0 Å². The van der Waals surface area contributed by atoms with Crippen molar-refractivity contribution in [3.05, 3.63) is 96.2 Å². The van der Waals surface area contributed by atoms with Crippen molar-refractivity contribution in [2.75, 3.05) is 36.2 Å². The Kier molecular flexibility index (Phi) is 10.7. The summed E-state index contributed by atoms with van der Waals surface area (Å²) in [6.07, 6.45) is 2.48. The molecule has 0 radical (unpaired) electrons. The summed E-state index contributed by atoms with van der Waals surface area (Å²) in [4.78, 5) is 37.0. The van der Waals surface area contributed by atoms with Gasteiger partial charge in [-0.2, -0.15) is 0 Å². The second-order valence-electron chi connectivity index (χ2n) is 9.95. The summed E-state index contributed by atoms with van der Waals surface area (Å²) < 4.78 is 28.2. The lowest BCUT2D eigenvalue weighted by atomic mass is 10.1. The number of carbonyl (C=O) groups is 2. The molecular formula is C33H38N6O4S. The van der Waals surface area contributed by atoms with Gasteiger partial charge in [-0.25, -0.2) is 18.4 Å². The average molecular weight is 615 g/mol. The fourth-order valence-corrected chi connectivity index (χ4v) is 5.70. The lowest BCUT2D eigenvalue weighted by Gasteiger charge is -2.34. The van der Waals surface area contributed by atoms with Crippen molar-refractivity contribution in [2.45, 2.75) is 39.0 Å². The SMILES string of the molecule is CC.CCc1ccc(S(=O)(=O)Nc2ccc(-c3ccnc(Nc4ccc(C(=O)N5CCN(C(C)=O)CC5)cc4)n3)cc2)cc1. The fraction of sp³-hybridized carbons (Fsp3) is 0.273. The molecule has 0 bridgehead atoms. The minimum Gasteiger partial charge on any atom is -0.339 e. The van der Waals surface area contributed by atoms with E-state index in [0.717, 1.165) is 23.2 Å². The van der Waals surface area contributed by atoms with Gasteiger partial charge in [-0.15, -0.1) is 0 Å². The number of nitrogens with one attached hydrogen (secondary N) is 2. The molecule has 1 aliphatic heterocycles. The molecule has 0 saturated carbocycles. The Morgan fingerprint density at radius 1 is 0.795 bits per heavy atom. The third-order valence-corrected chi connectivity index (χ3v) is 8.53. The molecule has 2 N–H and O–H groups in total. The Labute approximate surface area is 259 Å². The first-order valence-corrected chi connectivity index (χ1v) is 16.2. The number of hydrogen-bond acceptors (Lipinski definition) is 7. The van der Waals surface area contributed by atoms with E-state index in [2.05, 4.69) is 20.0 Å². The second-order valence-corrected chi connectivity index (χ2v) is 11.6. The monoisotopic (exact) mass is 614 g/mol. The van der Waals surface area contributed by atoms with E-state index in [-0.39, 0.29) is 16.7 Å². The molecule has 1 fully saturated rings. The van der Waals surface area contributed by atoms with E-state index >= 15 is 0 Å². The zero-order valence-corrected chi connectivity index (χ0v) is 26.3. The van der Waals surface area contributed by atoms with Gasteiger partial charge in [0.1, 0.15) is 0 Å². The lowest BCUT2D eigenvalue weighted by molar-refractivity contribution is -0.130. The standard InChI is InChI=1S/C31H32N6O4S.C2H6/c1-3-23-4-14-28(15-5-23)42(40,41)35-27-12-6-24(7-13-27)29-16-17-32-31(34-29)33-26-10-8-25(9-11-26)30(39)37-20-18-36(19-21-37)22(2)38;1-2/h4-17,35H,3,18-21H2,1-2H3,(H,32,33,34);1-2H3. The van der Waals surface area contributed by atoms with Gasteiger partial charge in [0.2, 0.25) is 11.9 Å². The summed E-state index contributed by atoms with van der Waals surface area (Å²) in [7, 11) is -3.70. The first kappa shape index (κ1) is 32.2. The van der Waals surface area contributed by atoms with E-state index in [4.69, 9.17) is 0 Å². The van der Waals surface area contributed by atoms with Crippen LogP contribution in [0.4, 0.5) is 17.3 Å². The molecule has 5 rings (SSSR count). The summed E-state index contributed by atoms with van der Waals surface area (Å²) in [6.45, 7) is 9.67. The van der Waals surface area contributed by atoms with Crippen LogP contribution in [0.2, 0.25) is 0 Å². The number of carbonyl (C=O) groups excluding carboxylic acids is 2. The molecule has 0 aliphatic carbocycles. The Morgan fingerprint density at radius 2 is 1.39 bits per heavy atom. The summed E-state index contributed by atoms with van der Waals surface area (Å²) in [5.41, 5.74) is 4.26. The molecular weight excluding hydrogens is 576 g/mol. The zero-order valence-electron chi connectivity index (χ0n) is 25.4. The maximum Gasteiger partial charge on any atom is 0.261 e. The minimum absolute atomic E-state index is 0.0255. The molecule has 0 unspecified atom stereocenters. The number of benzene rings is 3. The molecule has 0 atom stereocenters. The maximum absolute atomic E-state index is 12.9. The molecule has 230 valence electrons. The predicted octanol–water partition coefficient (Wildman–Crippen LogP) is 5.58. The number of anilines is 3. The van der Waals surface area contributed by atoms with E-state index < -0.39 is 10.0 Å². The predicted molar refractivity (Wildman–Crippen MR) is 173 cm³/mol. The number of amides is 2. The van der Waals surface area contributed by atoms with Crippen molar-refractivity contribution in [1.29, 1.82) is 0 Å². The topological polar surface area (TPSA) is 125 Å². The Morgan fingerprint density at radius 3 is 1.98 bits per heavy atom. The van der Waals surface area contributed by atoms with Gasteiger partial charge >= 0.3 is 0 Å². The van der Waals surface area contributed by atoms with Crippen LogP contribution in [-0.2, 0) is 21.2 Å². The number of piperazine rings is 1. The van der Waals surface area contributed by atoms with E-state index in [1.54, 1.807) is 89.7 Å². The summed E-state index contributed by atoms with van der Waals surface area (Å²) in [5.74, 6) is 0.341. The van der Waals surface area contributed by atoms with Crippen LogP contribution >= 0.6 is 0 Å². The summed E-state index contributed by atoms with van der Waals surface area (Å²) >= 11 is 0. The number of nitrogens with zero attached hydrogens (tertiary/aromatic N) is 4. The van der Waals surface area contributed by atoms with Gasteiger partial charge in [0, 0.05) is 61.8 Å². The summed E-state index contributed by atoms with van der Waals surface area (Å²) in [6, 6.07) is 22.7. The molecule has 11 heteroatoms. The van der Waals surface area contributed by atoms with Crippen LogP contribution in [-0.4, -0.2) is 66.2 Å². The number of hydrogen-bond donors (Lipinski definition) is 2. The smallest absolute Gasteiger partial charge is 0.261 e. The normalized spacial score (nSPS) is 13.0. The van der Waals surface area contributed by atoms with Crippen LogP contribution in [0.25, 0.3) is 11.3 Å². The minimum atomic E-state index is -3.70. The molecule has 1 aromatic heterocycles. The van der Waals surface area contributed by atoms with Crippen LogP contribution in [0.15, 0.2) is 90.0 Å². The van der Waals surface area contributed by atoms with Gasteiger partial charge in [-0.3, -0.25) is 14.3 Å². The van der Waals surface area contributed by atoms with Crippen molar-refractivity contribution in [3.8, 4) is 11.3 Å². The molecule has 0 spiro atoms. The Bertz CT molecular complexity index is 1670. The van der Waals surface area contributed by atoms with E-state index in [1.807, 2.05) is 32.9 Å². The first-order valence-electron chi connectivity index (χ1n) is 14.7. The van der Waals surface area contributed by atoms with Crippen molar-refractivity contribution in [2.24, 2.45) is 0 Å². The van der Waals surface area contributed by atoms with Crippen LogP contribution < -0.4 is 10.0 Å². The Balaban J connectivity index is 0.00000216. The highest BCUT2D eigenvalue weighted by molar-refractivity contribution is 7.92. The maximum atomic E-state index is 12.9. The number of aromatic nitrogens is 2. The molecule has 1 aliphatic rings. The molecule has 44 heavy (non-hydrogen) atoms. The first-order chi connectivity index (χ1) is 21.2. The van der Waals surface area contributed by atoms with Gasteiger partial charge < -0.3 is 15.1 Å². The average Bonchev–Trinajstić information content (AvgIpc) is 3.06. The largest absolute Gasteiger partial charge is 0.339 e. The highest BCUT2D eigenvalue weighted by Gasteiger charge is 2.23. The number of rotatable bonds is 8. The van der Waals surface area contributed by atoms with Crippen molar-refractivity contribution in [1.82, 2.24) is 19.8 Å². The van der Waals surface area contributed by atoms with Gasteiger partial charge in [0.15, 0.2) is 0 Å². The summed E-state index contributed by atoms with van der Waals surface area (Å²) in [5, 5.41) is 3.16. The van der Waals surface area contributed by atoms with Gasteiger partial charge in [0.25, 0.3) is 15.9 Å². The molecule has 1 saturated heterocycles. The zero-order chi connectivity index (χ0) is 31.7. The van der Waals surface area contributed by atoms with Crippen LogP contribution in [0.1, 0.15) is 43.6 Å². The third-order valence-electron chi connectivity index (χ3n) is 7.13. The fourth-order valence-electron chi connectivity index (χ4n) is 4.64. The van der Waals surface area contributed by atoms with Crippen LogP contribution in [0, 0.1) is 0 Å². The van der Waals surface area contributed by atoms with Crippen LogP contribution in [0.3, 0.4) is 0 Å². The van der Waals surface area contributed by atoms with E-state index in [1.165, 1.54) is 0 Å².